The summed E-state index contributed by atoms with van der Waals surface area (Å²) in [6.07, 6.45) is 7.63. The number of allylic oxidation sites excluding steroid dienone is 2. The second kappa shape index (κ2) is 8.58. The van der Waals surface area contributed by atoms with E-state index < -0.39 is 5.97 Å². The summed E-state index contributed by atoms with van der Waals surface area (Å²) in [4.78, 5) is 22.0. The third-order valence-electron chi connectivity index (χ3n) is 2.16. The first kappa shape index (κ1) is 14.6. The number of hydrogen-bond acceptors (Lipinski definition) is 5. The van der Waals surface area contributed by atoms with Gasteiger partial charge in [0.15, 0.2) is 0 Å². The highest BCUT2D eigenvalue weighted by Crippen LogP contribution is 2.22. The quantitative estimate of drug-likeness (QED) is 0.420. The third-order valence-corrected chi connectivity index (χ3v) is 3.07. The number of esters is 2. The Morgan fingerprint density at radius 3 is 2.89 bits per heavy atom. The Morgan fingerprint density at radius 2 is 2.22 bits per heavy atom. The summed E-state index contributed by atoms with van der Waals surface area (Å²) < 4.78 is 9.37. The number of hydrogen-bond donors (Lipinski definition) is 0. The van der Waals surface area contributed by atoms with E-state index in [0.717, 1.165) is 17.7 Å². The molecule has 0 aromatic heterocycles. The molecule has 0 N–H and O–H groups in total. The lowest BCUT2D eigenvalue weighted by molar-refractivity contribution is -0.137. The fraction of sp³-hybridized carbons (Fsp3) is 0.385. The van der Waals surface area contributed by atoms with Gasteiger partial charge in [-0.15, -0.1) is 11.8 Å². The average Bonchev–Trinajstić information content (AvgIpc) is 2.88. The monoisotopic (exact) mass is 268 g/mol. The van der Waals surface area contributed by atoms with Crippen molar-refractivity contribution < 1.29 is 19.1 Å². The van der Waals surface area contributed by atoms with Crippen molar-refractivity contribution in [1.29, 1.82) is 0 Å². The lowest BCUT2D eigenvalue weighted by atomic mass is 10.2. The molecule has 18 heavy (non-hydrogen) atoms. The minimum Gasteiger partial charge on any atom is -0.466 e. The van der Waals surface area contributed by atoms with Crippen LogP contribution in [0.5, 0.6) is 0 Å². The average molecular weight is 268 g/mol. The van der Waals surface area contributed by atoms with E-state index in [-0.39, 0.29) is 12.6 Å². The molecule has 0 bridgehead atoms. The molecule has 0 saturated heterocycles. The second-order valence-corrected chi connectivity index (χ2v) is 4.51. The van der Waals surface area contributed by atoms with Gasteiger partial charge in [0.05, 0.1) is 13.7 Å². The predicted octanol–water partition coefficient (Wildman–Crippen LogP) is 2.23. The predicted molar refractivity (Wildman–Crippen MR) is 71.0 cm³/mol. The van der Waals surface area contributed by atoms with Gasteiger partial charge in [-0.05, 0) is 17.4 Å². The zero-order valence-electron chi connectivity index (χ0n) is 10.3. The van der Waals surface area contributed by atoms with Crippen molar-refractivity contribution in [3.05, 3.63) is 35.3 Å². The molecule has 1 aliphatic heterocycles. The van der Waals surface area contributed by atoms with E-state index in [9.17, 15) is 9.59 Å². The highest BCUT2D eigenvalue weighted by molar-refractivity contribution is 8.02. The molecule has 5 heteroatoms. The Labute approximate surface area is 111 Å². The molecule has 0 aliphatic carbocycles. The van der Waals surface area contributed by atoms with Gasteiger partial charge in [-0.25, -0.2) is 9.59 Å². The number of methoxy groups -OCH3 is 1. The van der Waals surface area contributed by atoms with E-state index in [4.69, 9.17) is 4.74 Å². The van der Waals surface area contributed by atoms with Gasteiger partial charge < -0.3 is 9.47 Å². The van der Waals surface area contributed by atoms with Gasteiger partial charge in [0, 0.05) is 24.3 Å². The van der Waals surface area contributed by atoms with E-state index in [1.165, 1.54) is 19.3 Å². The molecule has 0 atom stereocenters. The first-order chi connectivity index (χ1) is 8.72. The molecule has 0 fully saturated rings. The molecule has 98 valence electrons. The van der Waals surface area contributed by atoms with Crippen LogP contribution >= 0.6 is 11.8 Å². The second-order valence-electron chi connectivity index (χ2n) is 3.53. The zero-order valence-corrected chi connectivity index (χ0v) is 11.1. The van der Waals surface area contributed by atoms with Crippen LogP contribution in [-0.2, 0) is 19.1 Å². The minimum atomic E-state index is -0.410. The van der Waals surface area contributed by atoms with Crippen molar-refractivity contribution >= 4 is 23.7 Å². The van der Waals surface area contributed by atoms with Crippen LogP contribution < -0.4 is 0 Å². The van der Waals surface area contributed by atoms with Gasteiger partial charge in [0.2, 0.25) is 0 Å². The Kier molecular flexibility index (Phi) is 6.94. The summed E-state index contributed by atoms with van der Waals surface area (Å²) >= 11 is 1.74. The zero-order chi connectivity index (χ0) is 13.2. The molecule has 0 saturated carbocycles. The molecule has 0 aromatic carbocycles. The van der Waals surface area contributed by atoms with E-state index in [1.54, 1.807) is 23.9 Å². The van der Waals surface area contributed by atoms with E-state index >= 15 is 0 Å². The Balaban J connectivity index is 2.13. The van der Waals surface area contributed by atoms with Gasteiger partial charge in [-0.2, -0.15) is 0 Å². The topological polar surface area (TPSA) is 52.6 Å². The molecule has 0 amide bonds. The van der Waals surface area contributed by atoms with Crippen LogP contribution in [0.1, 0.15) is 12.8 Å². The standard InChI is InChI=1S/C13H16O4S/c1-16-12(14)4-2-3-8-17-13(15)6-5-11-7-9-18-10-11/h2,4-6,10H,3,7-9H2,1H3/b4-2+,6-5+. The summed E-state index contributed by atoms with van der Waals surface area (Å²) in [7, 11) is 1.31. The van der Waals surface area contributed by atoms with Gasteiger partial charge in [0.1, 0.15) is 0 Å². The Hall–Kier alpha value is -1.49. The van der Waals surface area contributed by atoms with Crippen molar-refractivity contribution in [2.75, 3.05) is 19.5 Å². The summed E-state index contributed by atoms with van der Waals surface area (Å²) in [6, 6.07) is 0. The lowest BCUT2D eigenvalue weighted by Crippen LogP contribution is -2.02. The van der Waals surface area contributed by atoms with Crippen molar-refractivity contribution in [2.24, 2.45) is 0 Å². The van der Waals surface area contributed by atoms with Crippen molar-refractivity contribution in [2.45, 2.75) is 12.8 Å². The first-order valence-electron chi connectivity index (χ1n) is 5.62. The molecular weight excluding hydrogens is 252 g/mol. The van der Waals surface area contributed by atoms with Crippen molar-refractivity contribution in [3.63, 3.8) is 0 Å². The van der Waals surface area contributed by atoms with Crippen LogP contribution in [0.4, 0.5) is 0 Å². The SMILES string of the molecule is COC(=O)/C=C/CCOC(=O)/C=C/C1=CSCC1. The Bertz CT molecular complexity index is 382. The van der Waals surface area contributed by atoms with Gasteiger partial charge in [0.25, 0.3) is 0 Å². The van der Waals surface area contributed by atoms with Crippen LogP contribution in [-0.4, -0.2) is 31.4 Å². The van der Waals surface area contributed by atoms with Crippen LogP contribution in [0.15, 0.2) is 35.3 Å². The molecule has 1 heterocycles. The van der Waals surface area contributed by atoms with E-state index in [2.05, 4.69) is 4.74 Å². The molecule has 0 radical (unpaired) electrons. The van der Waals surface area contributed by atoms with E-state index in [0.29, 0.717) is 6.42 Å². The number of thioether (sulfide) groups is 1. The highest BCUT2D eigenvalue weighted by Gasteiger charge is 2.02. The Morgan fingerprint density at radius 1 is 1.39 bits per heavy atom. The van der Waals surface area contributed by atoms with Crippen LogP contribution in [0.3, 0.4) is 0 Å². The van der Waals surface area contributed by atoms with Crippen molar-refractivity contribution in [3.8, 4) is 0 Å². The van der Waals surface area contributed by atoms with Gasteiger partial charge in [-0.1, -0.05) is 12.2 Å². The van der Waals surface area contributed by atoms with Crippen molar-refractivity contribution in [1.82, 2.24) is 0 Å². The lowest BCUT2D eigenvalue weighted by Gasteiger charge is -1.98. The minimum absolute atomic E-state index is 0.254. The maximum Gasteiger partial charge on any atom is 0.330 e. The smallest absolute Gasteiger partial charge is 0.330 e. The maximum absolute atomic E-state index is 11.3. The summed E-state index contributed by atoms with van der Waals surface area (Å²) in [5, 5.41) is 2.04. The number of rotatable bonds is 6. The van der Waals surface area contributed by atoms with E-state index in [1.807, 2.05) is 5.41 Å². The first-order valence-corrected chi connectivity index (χ1v) is 6.67. The van der Waals surface area contributed by atoms with Crippen LogP contribution in [0, 0.1) is 0 Å². The summed E-state index contributed by atoms with van der Waals surface area (Å²) in [5.74, 6) is 0.304. The number of carbonyl (C=O) groups is 2. The fourth-order valence-corrected chi connectivity index (χ4v) is 2.10. The number of carbonyl (C=O) groups excluding carboxylic acids is 2. The van der Waals surface area contributed by atoms with Gasteiger partial charge in [-0.3, -0.25) is 0 Å². The maximum atomic E-state index is 11.3. The fourth-order valence-electron chi connectivity index (χ4n) is 1.22. The summed E-state index contributed by atoms with van der Waals surface area (Å²) in [6.45, 7) is 0.254. The largest absolute Gasteiger partial charge is 0.466 e. The molecule has 1 aliphatic rings. The summed E-state index contributed by atoms with van der Waals surface area (Å²) in [5.41, 5.74) is 1.16. The molecular formula is C13H16O4S. The molecule has 0 aromatic rings. The molecule has 4 nitrogen and oxygen atoms in total. The van der Waals surface area contributed by atoms with Crippen LogP contribution in [0.2, 0.25) is 0 Å². The number of ether oxygens (including phenoxy) is 2. The van der Waals surface area contributed by atoms with Crippen LogP contribution in [0.25, 0.3) is 0 Å². The molecule has 0 unspecified atom stereocenters. The normalized spacial score (nSPS) is 15.1. The molecule has 1 rings (SSSR count). The highest BCUT2D eigenvalue weighted by atomic mass is 32.2. The van der Waals surface area contributed by atoms with Gasteiger partial charge >= 0.3 is 11.9 Å². The molecule has 0 spiro atoms. The third kappa shape index (κ3) is 6.30.